The third-order valence-electron chi connectivity index (χ3n) is 6.46. The molecule has 0 bridgehead atoms. The standard InChI is InChI=1S/C28H24N4O4/c1-2-35-27(33)22-8-5-9-23-24(22)32(26(29-23)19-14-15-19)16-17-10-12-18(13-11-17)20-6-3-4-7-21(20)25-30-28(34)36-31-25/h3-13,19H,2,14-16H2,1H3,(H,30,31,34). The second kappa shape index (κ2) is 8.96. The van der Waals surface area contributed by atoms with Gasteiger partial charge in [0, 0.05) is 18.0 Å². The fourth-order valence-corrected chi connectivity index (χ4v) is 4.65. The van der Waals surface area contributed by atoms with Gasteiger partial charge in [-0.05, 0) is 48.6 Å². The average molecular weight is 481 g/mol. The molecule has 6 rings (SSSR count). The van der Waals surface area contributed by atoms with E-state index >= 15 is 0 Å². The van der Waals surface area contributed by atoms with Gasteiger partial charge in [0.2, 0.25) is 0 Å². The van der Waals surface area contributed by atoms with Gasteiger partial charge in [-0.15, -0.1) is 0 Å². The third kappa shape index (κ3) is 4.00. The van der Waals surface area contributed by atoms with E-state index in [2.05, 4.69) is 39.0 Å². The molecule has 0 unspecified atom stereocenters. The van der Waals surface area contributed by atoms with Crippen LogP contribution in [0.1, 0.15) is 47.4 Å². The molecule has 8 heteroatoms. The lowest BCUT2D eigenvalue weighted by Gasteiger charge is -2.13. The number of hydrogen-bond donors (Lipinski definition) is 1. The summed E-state index contributed by atoms with van der Waals surface area (Å²) in [6.07, 6.45) is 2.22. The maximum atomic E-state index is 12.7. The highest BCUT2D eigenvalue weighted by Crippen LogP contribution is 2.41. The number of hydrogen-bond acceptors (Lipinski definition) is 6. The van der Waals surface area contributed by atoms with Crippen LogP contribution in [0.15, 0.2) is 76.0 Å². The number of nitrogens with one attached hydrogen (secondary N) is 1. The van der Waals surface area contributed by atoms with Crippen molar-refractivity contribution in [1.29, 1.82) is 0 Å². The van der Waals surface area contributed by atoms with Crippen molar-refractivity contribution in [3.8, 4) is 22.5 Å². The van der Waals surface area contributed by atoms with Gasteiger partial charge in [-0.25, -0.2) is 14.6 Å². The lowest BCUT2D eigenvalue weighted by molar-refractivity contribution is 0.0528. The molecule has 8 nitrogen and oxygen atoms in total. The molecular formula is C28H24N4O4. The maximum absolute atomic E-state index is 12.7. The van der Waals surface area contributed by atoms with Gasteiger partial charge in [0.15, 0.2) is 5.82 Å². The van der Waals surface area contributed by atoms with Crippen molar-refractivity contribution in [2.75, 3.05) is 6.61 Å². The molecule has 180 valence electrons. The molecule has 1 fully saturated rings. The number of carbonyl (C=O) groups is 1. The quantitative estimate of drug-likeness (QED) is 0.323. The molecule has 2 heterocycles. The Kier molecular flexibility index (Phi) is 5.48. The van der Waals surface area contributed by atoms with Crippen molar-refractivity contribution in [2.24, 2.45) is 0 Å². The highest BCUT2D eigenvalue weighted by atomic mass is 16.5. The van der Waals surface area contributed by atoms with Crippen LogP contribution in [-0.2, 0) is 11.3 Å². The smallest absolute Gasteiger partial charge is 0.439 e. The second-order valence-electron chi connectivity index (χ2n) is 8.91. The molecule has 0 amide bonds. The fourth-order valence-electron chi connectivity index (χ4n) is 4.65. The van der Waals surface area contributed by atoms with E-state index in [0.29, 0.717) is 30.5 Å². The Hall–Kier alpha value is -4.46. The van der Waals surface area contributed by atoms with E-state index in [1.165, 1.54) is 0 Å². The second-order valence-corrected chi connectivity index (χ2v) is 8.91. The summed E-state index contributed by atoms with van der Waals surface area (Å²) in [6, 6.07) is 21.6. The van der Waals surface area contributed by atoms with Crippen molar-refractivity contribution in [1.82, 2.24) is 19.7 Å². The molecule has 0 aliphatic heterocycles. The summed E-state index contributed by atoms with van der Waals surface area (Å²) in [5.74, 6) is 0.917. The van der Waals surface area contributed by atoms with Crippen LogP contribution in [0, 0.1) is 0 Å². The summed E-state index contributed by atoms with van der Waals surface area (Å²) < 4.78 is 12.2. The van der Waals surface area contributed by atoms with Gasteiger partial charge in [-0.1, -0.05) is 59.8 Å². The van der Waals surface area contributed by atoms with Crippen molar-refractivity contribution in [3.05, 3.63) is 94.2 Å². The fraction of sp³-hybridized carbons (Fsp3) is 0.214. The molecule has 1 aliphatic carbocycles. The number of rotatable bonds is 7. The van der Waals surface area contributed by atoms with Gasteiger partial charge in [0.05, 0.1) is 23.2 Å². The number of aromatic amines is 1. The van der Waals surface area contributed by atoms with Crippen LogP contribution in [-0.4, -0.2) is 32.3 Å². The third-order valence-corrected chi connectivity index (χ3v) is 6.46. The summed E-state index contributed by atoms with van der Waals surface area (Å²) in [5, 5.41) is 3.85. The topological polar surface area (TPSA) is 103 Å². The number of ether oxygens (including phenoxy) is 1. The first-order valence-electron chi connectivity index (χ1n) is 12.0. The molecule has 0 spiro atoms. The molecule has 1 aliphatic rings. The molecule has 36 heavy (non-hydrogen) atoms. The van der Waals surface area contributed by atoms with Crippen LogP contribution in [0.2, 0.25) is 0 Å². The number of para-hydroxylation sites is 1. The Morgan fingerprint density at radius 1 is 1.06 bits per heavy atom. The van der Waals surface area contributed by atoms with Crippen molar-refractivity contribution < 1.29 is 14.1 Å². The number of aromatic nitrogens is 4. The zero-order valence-electron chi connectivity index (χ0n) is 19.7. The number of esters is 1. The molecule has 1 N–H and O–H groups in total. The highest BCUT2D eigenvalue weighted by Gasteiger charge is 2.31. The highest BCUT2D eigenvalue weighted by molar-refractivity contribution is 6.02. The monoisotopic (exact) mass is 480 g/mol. The molecule has 5 aromatic rings. The Morgan fingerprint density at radius 3 is 2.53 bits per heavy atom. The van der Waals surface area contributed by atoms with Crippen molar-refractivity contribution >= 4 is 17.0 Å². The minimum absolute atomic E-state index is 0.323. The van der Waals surface area contributed by atoms with Crippen LogP contribution in [0.4, 0.5) is 0 Å². The molecule has 1 saturated carbocycles. The van der Waals surface area contributed by atoms with Crippen LogP contribution in [0.5, 0.6) is 0 Å². The predicted molar refractivity (Wildman–Crippen MR) is 135 cm³/mol. The summed E-state index contributed by atoms with van der Waals surface area (Å²) in [4.78, 5) is 31.7. The van der Waals surface area contributed by atoms with E-state index in [0.717, 1.165) is 52.0 Å². The van der Waals surface area contributed by atoms with Crippen LogP contribution < -0.4 is 5.76 Å². The number of benzene rings is 3. The Labute approximate surface area is 206 Å². The molecule has 0 radical (unpaired) electrons. The first kappa shape index (κ1) is 22.0. The Bertz CT molecular complexity index is 1620. The van der Waals surface area contributed by atoms with E-state index in [-0.39, 0.29) is 5.97 Å². The molecule has 0 saturated heterocycles. The number of carbonyl (C=O) groups excluding carboxylic acids is 1. The van der Waals surface area contributed by atoms with Gasteiger partial charge in [0.25, 0.3) is 0 Å². The van der Waals surface area contributed by atoms with E-state index in [9.17, 15) is 9.59 Å². The van der Waals surface area contributed by atoms with E-state index in [4.69, 9.17) is 14.2 Å². The Balaban J connectivity index is 1.37. The van der Waals surface area contributed by atoms with Crippen LogP contribution in [0.25, 0.3) is 33.5 Å². The molecule has 2 aromatic heterocycles. The number of nitrogens with zero attached hydrogens (tertiary/aromatic N) is 3. The van der Waals surface area contributed by atoms with E-state index in [1.54, 1.807) is 0 Å². The SMILES string of the molecule is CCOC(=O)c1cccc2nc(C3CC3)n(Cc3ccc(-c4ccccc4-c4noc(=O)[nH]4)cc3)c12. The normalized spacial score (nSPS) is 13.2. The van der Waals surface area contributed by atoms with E-state index < -0.39 is 5.76 Å². The molecular weight excluding hydrogens is 456 g/mol. The van der Waals surface area contributed by atoms with Gasteiger partial charge >= 0.3 is 11.7 Å². The van der Waals surface area contributed by atoms with Gasteiger partial charge < -0.3 is 9.30 Å². The summed E-state index contributed by atoms with van der Waals surface area (Å²) in [6.45, 7) is 2.73. The van der Waals surface area contributed by atoms with Crippen molar-refractivity contribution in [3.63, 3.8) is 0 Å². The number of imidazole rings is 1. The minimum atomic E-state index is -0.587. The first-order valence-corrected chi connectivity index (χ1v) is 12.0. The summed E-state index contributed by atoms with van der Waals surface area (Å²) in [5.41, 5.74) is 5.98. The number of fused-ring (bicyclic) bond motifs is 1. The largest absolute Gasteiger partial charge is 0.462 e. The van der Waals surface area contributed by atoms with Crippen LogP contribution in [0.3, 0.4) is 0 Å². The number of H-pyrrole nitrogens is 1. The zero-order chi connectivity index (χ0) is 24.6. The van der Waals surface area contributed by atoms with E-state index in [1.807, 2.05) is 49.4 Å². The van der Waals surface area contributed by atoms with Gasteiger partial charge in [0.1, 0.15) is 5.82 Å². The zero-order valence-corrected chi connectivity index (χ0v) is 19.7. The lowest BCUT2D eigenvalue weighted by Crippen LogP contribution is -2.10. The molecule has 0 atom stereocenters. The minimum Gasteiger partial charge on any atom is -0.462 e. The van der Waals surface area contributed by atoms with Gasteiger partial charge in [-0.2, -0.15) is 0 Å². The molecule has 3 aromatic carbocycles. The summed E-state index contributed by atoms with van der Waals surface area (Å²) in [7, 11) is 0. The van der Waals surface area contributed by atoms with Gasteiger partial charge in [-0.3, -0.25) is 9.51 Å². The van der Waals surface area contributed by atoms with Crippen LogP contribution >= 0.6 is 0 Å². The average Bonchev–Trinajstić information content (AvgIpc) is 3.55. The Morgan fingerprint density at radius 2 is 1.83 bits per heavy atom. The summed E-state index contributed by atoms with van der Waals surface area (Å²) >= 11 is 0. The maximum Gasteiger partial charge on any atom is 0.439 e. The lowest BCUT2D eigenvalue weighted by atomic mass is 9.98. The predicted octanol–water partition coefficient (Wildman–Crippen LogP) is 5.15. The first-order chi connectivity index (χ1) is 17.6. The van der Waals surface area contributed by atoms with Crippen molar-refractivity contribution in [2.45, 2.75) is 32.2 Å².